The fraction of sp³-hybridized carbons (Fsp3) is 0.231. The number of halogens is 5. The third kappa shape index (κ3) is 18.0. The zero-order valence-corrected chi connectivity index (χ0v) is 39.6. The van der Waals surface area contributed by atoms with E-state index in [4.69, 9.17) is 68.2 Å². The molecule has 0 fully saturated rings. The van der Waals surface area contributed by atoms with E-state index in [1.807, 2.05) is 77.1 Å². The Morgan fingerprint density at radius 2 is 1.05 bits per heavy atom. The van der Waals surface area contributed by atoms with Crippen LogP contribution in [0.3, 0.4) is 0 Å². The van der Waals surface area contributed by atoms with E-state index in [1.54, 1.807) is 73.7 Å². The smallest absolute Gasteiger partial charge is 0.119 e. The van der Waals surface area contributed by atoms with E-state index >= 15 is 0 Å². The van der Waals surface area contributed by atoms with Crippen molar-refractivity contribution in [2.24, 2.45) is 0 Å². The highest BCUT2D eigenvalue weighted by atomic mass is 35.5. The molecular weight excluding hydrogens is 882 g/mol. The molecule has 6 aromatic rings. The van der Waals surface area contributed by atoms with E-state index < -0.39 is 5.60 Å². The summed E-state index contributed by atoms with van der Waals surface area (Å²) in [6.45, 7) is 11.2. The van der Waals surface area contributed by atoms with E-state index in [1.165, 1.54) is 11.1 Å². The van der Waals surface area contributed by atoms with Crippen molar-refractivity contribution in [1.82, 2.24) is 0 Å². The van der Waals surface area contributed by atoms with Gasteiger partial charge in [0.25, 0.3) is 0 Å². The lowest BCUT2D eigenvalue weighted by Crippen LogP contribution is -2.23. The normalized spacial score (nSPS) is 13.9. The molecule has 0 spiro atoms. The summed E-state index contributed by atoms with van der Waals surface area (Å²) in [4.78, 5) is 0. The van der Waals surface area contributed by atoms with Crippen molar-refractivity contribution in [2.75, 3.05) is 0 Å². The van der Waals surface area contributed by atoms with Crippen molar-refractivity contribution in [2.45, 2.75) is 79.2 Å². The number of rotatable bonds is 6. The van der Waals surface area contributed by atoms with Gasteiger partial charge in [0.2, 0.25) is 0 Å². The molecule has 62 heavy (non-hydrogen) atoms. The van der Waals surface area contributed by atoms with Gasteiger partial charge in [-0.15, -0.1) is 0 Å². The van der Waals surface area contributed by atoms with Gasteiger partial charge in [-0.2, -0.15) is 0 Å². The summed E-state index contributed by atoms with van der Waals surface area (Å²) in [5, 5.41) is 50.5. The molecule has 0 saturated carbocycles. The molecule has 0 saturated heterocycles. The quantitative estimate of drug-likeness (QED) is 0.115. The second-order valence-electron chi connectivity index (χ2n) is 15.2. The second kappa shape index (κ2) is 25.5. The van der Waals surface area contributed by atoms with Gasteiger partial charge in [-0.05, 0) is 178 Å². The molecule has 1 atom stereocenters. The molecule has 5 N–H and O–H groups in total. The van der Waals surface area contributed by atoms with Crippen LogP contribution >= 0.6 is 58.0 Å². The minimum atomic E-state index is -0.692. The summed E-state index contributed by atoms with van der Waals surface area (Å²) in [7, 11) is 0. The second-order valence-corrected chi connectivity index (χ2v) is 17.3. The van der Waals surface area contributed by atoms with Crippen LogP contribution in [-0.4, -0.2) is 31.1 Å². The Kier molecular flexibility index (Phi) is 21.3. The highest BCUT2D eigenvalue weighted by molar-refractivity contribution is 6.32. The zero-order chi connectivity index (χ0) is 46.0. The van der Waals surface area contributed by atoms with Gasteiger partial charge in [-0.1, -0.05) is 130 Å². The summed E-state index contributed by atoms with van der Waals surface area (Å²) < 4.78 is 0. The van der Waals surface area contributed by atoms with Crippen molar-refractivity contribution in [3.05, 3.63) is 209 Å². The highest BCUT2D eigenvalue weighted by Crippen LogP contribution is 2.30. The Bertz CT molecular complexity index is 2390. The van der Waals surface area contributed by atoms with Crippen LogP contribution in [0.1, 0.15) is 64.8 Å². The van der Waals surface area contributed by atoms with Crippen LogP contribution in [0.2, 0.25) is 20.1 Å². The maximum absolute atomic E-state index is 9.84. The highest BCUT2D eigenvalue weighted by Gasteiger charge is 2.21. The van der Waals surface area contributed by atoms with Crippen LogP contribution in [-0.2, 0) is 25.7 Å². The van der Waals surface area contributed by atoms with E-state index in [0.717, 1.165) is 74.7 Å². The van der Waals surface area contributed by atoms with Gasteiger partial charge < -0.3 is 25.5 Å². The number of phenols is 4. The van der Waals surface area contributed by atoms with Crippen molar-refractivity contribution in [1.29, 1.82) is 0 Å². The van der Waals surface area contributed by atoms with Crippen LogP contribution < -0.4 is 0 Å². The van der Waals surface area contributed by atoms with E-state index in [2.05, 4.69) is 24.3 Å². The summed E-state index contributed by atoms with van der Waals surface area (Å²) >= 11 is 29.2. The summed E-state index contributed by atoms with van der Waals surface area (Å²) in [6, 6.07) is 37.2. The molecule has 0 bridgehead atoms. The monoisotopic (exact) mass is 934 g/mol. The molecule has 328 valence electrons. The van der Waals surface area contributed by atoms with Crippen LogP contribution in [0.5, 0.6) is 23.0 Å². The third-order valence-corrected chi connectivity index (χ3v) is 11.9. The van der Waals surface area contributed by atoms with Crippen LogP contribution in [0.15, 0.2) is 144 Å². The first kappa shape index (κ1) is 51.8. The number of aryl methyl sites for hydroxylation is 6. The van der Waals surface area contributed by atoms with Gasteiger partial charge in [-0.25, -0.2) is 0 Å². The predicted molar refractivity (Wildman–Crippen MR) is 262 cm³/mol. The lowest BCUT2D eigenvalue weighted by molar-refractivity contribution is 0.110. The molecule has 1 aliphatic carbocycles. The van der Waals surface area contributed by atoms with Crippen LogP contribution in [0.25, 0.3) is 0 Å². The molecule has 7 rings (SSSR count). The number of phenolic OH excluding ortho intramolecular Hbond substituents is 4. The molecule has 0 heterocycles. The van der Waals surface area contributed by atoms with Crippen LogP contribution in [0.4, 0.5) is 0 Å². The molecule has 1 aliphatic rings. The molecule has 0 amide bonds. The Balaban J connectivity index is 0.000000212. The van der Waals surface area contributed by atoms with Gasteiger partial charge in [0.1, 0.15) is 23.0 Å². The Hall–Kier alpha value is -4.59. The van der Waals surface area contributed by atoms with Crippen molar-refractivity contribution < 1.29 is 25.5 Å². The fourth-order valence-electron chi connectivity index (χ4n) is 6.25. The number of aliphatic hydroxyl groups is 1. The van der Waals surface area contributed by atoms with E-state index in [-0.39, 0.29) is 11.5 Å². The Morgan fingerprint density at radius 3 is 1.56 bits per heavy atom. The predicted octanol–water partition coefficient (Wildman–Crippen LogP) is 15.2. The number of aromatic hydroxyl groups is 4. The first-order chi connectivity index (χ1) is 29.3. The first-order valence-electron chi connectivity index (χ1n) is 20.0. The standard InChI is InChI=1S/C15H15ClO.C14H13ClO.C8H9ClO.C8H11ClO.C7H7ClO/c1-11-13(15(17)10-9-14(11)16)8-7-12-5-3-2-4-6-12;15-13-8-9-14(16)12(10-13)7-6-11-4-2-1-3-5-11;1-5-3-7(10)4-6(2)8(5)9;1-6-5-8(2,10)4-3-7(6)9;1-5-4-6(9)2-3-7(5)8/h2-6,9-10,17H,7-8H2,1H3;1-5,8-10,16H,6-7H2;3-4,10H,1-2H3;3-4,10H,5H2,1-2H3;2-4,9H,1H3. The fourth-order valence-corrected chi connectivity index (χ4v) is 6.98. The Labute approximate surface area is 392 Å². The van der Waals surface area contributed by atoms with E-state index in [0.29, 0.717) is 33.0 Å². The van der Waals surface area contributed by atoms with Crippen molar-refractivity contribution >= 4 is 58.0 Å². The minimum absolute atomic E-state index is 0.261. The average molecular weight is 937 g/mol. The van der Waals surface area contributed by atoms with Crippen LogP contribution in [0, 0.1) is 27.7 Å². The number of allylic oxidation sites excluding steroid dienone is 2. The summed E-state index contributed by atoms with van der Waals surface area (Å²) in [5.41, 5.74) is 8.44. The zero-order valence-electron chi connectivity index (χ0n) is 35.9. The molecule has 0 radical (unpaired) electrons. The minimum Gasteiger partial charge on any atom is -0.508 e. The topological polar surface area (TPSA) is 101 Å². The van der Waals surface area contributed by atoms with Crippen molar-refractivity contribution in [3.8, 4) is 23.0 Å². The van der Waals surface area contributed by atoms with Gasteiger partial charge in [0.15, 0.2) is 0 Å². The molecule has 10 heteroatoms. The summed E-state index contributed by atoms with van der Waals surface area (Å²) in [5.74, 6) is 1.19. The lowest BCUT2D eigenvalue weighted by atomic mass is 9.93. The maximum atomic E-state index is 9.84. The van der Waals surface area contributed by atoms with Gasteiger partial charge in [-0.3, -0.25) is 0 Å². The van der Waals surface area contributed by atoms with Gasteiger partial charge in [0.05, 0.1) is 5.60 Å². The molecule has 1 unspecified atom stereocenters. The lowest BCUT2D eigenvalue weighted by Gasteiger charge is -2.23. The average Bonchev–Trinajstić information content (AvgIpc) is 3.23. The molecule has 6 aromatic carbocycles. The summed E-state index contributed by atoms with van der Waals surface area (Å²) in [6.07, 6.45) is 7.55. The molecular formula is C52H55Cl5O5. The van der Waals surface area contributed by atoms with E-state index in [9.17, 15) is 15.3 Å². The van der Waals surface area contributed by atoms with Crippen molar-refractivity contribution in [3.63, 3.8) is 0 Å². The largest absolute Gasteiger partial charge is 0.508 e. The maximum Gasteiger partial charge on any atom is 0.119 e. The first-order valence-corrected chi connectivity index (χ1v) is 21.8. The molecule has 5 nitrogen and oxygen atoms in total. The van der Waals surface area contributed by atoms with Gasteiger partial charge >= 0.3 is 0 Å². The number of hydrogen-bond acceptors (Lipinski definition) is 5. The molecule has 0 aromatic heterocycles. The number of benzene rings is 6. The SMILES string of the molecule is CC1=C(Cl)C=CC(C)(O)C1.Cc1c(Cl)ccc(O)c1CCc1ccccc1.Cc1cc(O)cc(C)c1Cl.Cc1cc(O)ccc1Cl.Oc1ccc(Cl)cc1CCc1ccccc1. The number of hydrogen-bond donors (Lipinski definition) is 5. The molecule has 0 aliphatic heterocycles. The third-order valence-electron chi connectivity index (χ3n) is 9.76. The Morgan fingerprint density at radius 1 is 0.532 bits per heavy atom. The van der Waals surface area contributed by atoms with Gasteiger partial charge in [0, 0.05) is 31.5 Å².